The molecular formula is C23H21N. The molecule has 0 radical (unpaired) electrons. The molecule has 0 fully saturated rings. The van der Waals surface area contributed by atoms with Gasteiger partial charge in [-0.2, -0.15) is 0 Å². The molecule has 0 spiro atoms. The quantitative estimate of drug-likeness (QED) is 0.399. The highest BCUT2D eigenvalue weighted by Crippen LogP contribution is 2.30. The van der Waals surface area contributed by atoms with Gasteiger partial charge in [-0.05, 0) is 39.9 Å². The van der Waals surface area contributed by atoms with Gasteiger partial charge in [-0.1, -0.05) is 75.4 Å². The van der Waals surface area contributed by atoms with Gasteiger partial charge >= 0.3 is 0 Å². The molecule has 118 valence electrons. The van der Waals surface area contributed by atoms with E-state index in [0.717, 1.165) is 11.2 Å². The topological polar surface area (TPSA) is 12.9 Å². The smallest absolute Gasteiger partial charge is 0.0715 e. The van der Waals surface area contributed by atoms with E-state index in [1.54, 1.807) is 0 Å². The number of nitrogens with zero attached hydrogens (tertiary/aromatic N) is 1. The average Bonchev–Trinajstić information content (AvgIpc) is 2.59. The highest BCUT2D eigenvalue weighted by Gasteiger charge is 2.14. The second-order valence-electron chi connectivity index (χ2n) is 7.38. The van der Waals surface area contributed by atoms with Crippen LogP contribution in [0, 0.1) is 0 Å². The maximum Gasteiger partial charge on any atom is 0.0715 e. The zero-order chi connectivity index (χ0) is 16.7. The number of hydrogen-bond donors (Lipinski definition) is 0. The summed E-state index contributed by atoms with van der Waals surface area (Å²) in [4.78, 5) is 4.92. The lowest BCUT2D eigenvalue weighted by Gasteiger charge is -2.19. The van der Waals surface area contributed by atoms with E-state index in [9.17, 15) is 0 Å². The summed E-state index contributed by atoms with van der Waals surface area (Å²) in [6.07, 6.45) is 0. The van der Waals surface area contributed by atoms with Crippen molar-refractivity contribution in [1.82, 2.24) is 4.98 Å². The van der Waals surface area contributed by atoms with Crippen LogP contribution in [0.3, 0.4) is 0 Å². The molecule has 3 aromatic carbocycles. The predicted octanol–water partition coefficient (Wildman–Crippen LogP) is 6.35. The van der Waals surface area contributed by atoms with Crippen LogP contribution < -0.4 is 0 Å². The summed E-state index contributed by atoms with van der Waals surface area (Å²) < 4.78 is 0. The first-order valence-corrected chi connectivity index (χ1v) is 8.42. The third-order valence-corrected chi connectivity index (χ3v) is 4.62. The number of aromatic nitrogens is 1. The molecule has 0 aliphatic heterocycles. The van der Waals surface area contributed by atoms with E-state index in [1.165, 1.54) is 27.3 Å². The minimum atomic E-state index is 0.155. The van der Waals surface area contributed by atoms with Gasteiger partial charge in [0, 0.05) is 10.9 Å². The summed E-state index contributed by atoms with van der Waals surface area (Å²) in [5, 5.41) is 3.70. The van der Waals surface area contributed by atoms with E-state index < -0.39 is 0 Å². The third-order valence-electron chi connectivity index (χ3n) is 4.62. The Hall–Kier alpha value is -2.67. The van der Waals surface area contributed by atoms with Gasteiger partial charge < -0.3 is 0 Å². The summed E-state index contributed by atoms with van der Waals surface area (Å²) >= 11 is 0. The van der Waals surface area contributed by atoms with E-state index in [1.807, 2.05) is 0 Å². The number of benzene rings is 3. The van der Waals surface area contributed by atoms with Gasteiger partial charge in [0.1, 0.15) is 0 Å². The first kappa shape index (κ1) is 14.9. The number of hydrogen-bond acceptors (Lipinski definition) is 1. The standard InChI is InChI=1S/C23H21N/c1-23(2,3)18-12-14-21-17(15-18)11-13-22(24-21)20-10-6-8-16-7-4-5-9-19(16)20/h4-15H,1-3H3. The lowest BCUT2D eigenvalue weighted by molar-refractivity contribution is 0.591. The Bertz CT molecular complexity index is 1030. The van der Waals surface area contributed by atoms with Crippen LogP contribution in [0.25, 0.3) is 32.9 Å². The summed E-state index contributed by atoms with van der Waals surface area (Å²) in [6.45, 7) is 6.73. The van der Waals surface area contributed by atoms with Crippen LogP contribution in [0.4, 0.5) is 0 Å². The Labute approximate surface area is 143 Å². The first-order valence-electron chi connectivity index (χ1n) is 8.42. The molecule has 0 unspecified atom stereocenters. The number of pyridine rings is 1. The summed E-state index contributed by atoms with van der Waals surface area (Å²) in [5.74, 6) is 0. The molecule has 1 aromatic heterocycles. The Balaban J connectivity index is 1.89. The maximum absolute atomic E-state index is 4.92. The molecule has 0 atom stereocenters. The lowest BCUT2D eigenvalue weighted by atomic mass is 9.86. The Morgan fingerprint density at radius 3 is 2.33 bits per heavy atom. The largest absolute Gasteiger partial charge is 0.248 e. The first-order chi connectivity index (χ1) is 11.5. The highest BCUT2D eigenvalue weighted by atomic mass is 14.7. The molecule has 4 aromatic rings. The average molecular weight is 311 g/mol. The van der Waals surface area contributed by atoms with Crippen LogP contribution in [-0.4, -0.2) is 4.98 Å². The van der Waals surface area contributed by atoms with E-state index in [0.29, 0.717) is 0 Å². The van der Waals surface area contributed by atoms with Gasteiger partial charge in [0.2, 0.25) is 0 Å². The molecule has 4 rings (SSSR count). The summed E-state index contributed by atoms with van der Waals surface area (Å²) in [5.41, 5.74) is 4.77. The zero-order valence-corrected chi connectivity index (χ0v) is 14.4. The number of fused-ring (bicyclic) bond motifs is 2. The van der Waals surface area contributed by atoms with Crippen LogP contribution in [0.5, 0.6) is 0 Å². The van der Waals surface area contributed by atoms with Gasteiger partial charge in [-0.25, -0.2) is 4.98 Å². The fourth-order valence-electron chi connectivity index (χ4n) is 3.19. The normalized spacial score (nSPS) is 12.0. The van der Waals surface area contributed by atoms with Crippen LogP contribution in [-0.2, 0) is 5.41 Å². The molecule has 0 bridgehead atoms. The Kier molecular flexibility index (Phi) is 3.38. The second-order valence-corrected chi connectivity index (χ2v) is 7.38. The van der Waals surface area contributed by atoms with E-state index >= 15 is 0 Å². The van der Waals surface area contributed by atoms with Crippen LogP contribution in [0.2, 0.25) is 0 Å². The van der Waals surface area contributed by atoms with Gasteiger partial charge in [-0.15, -0.1) is 0 Å². The molecular weight excluding hydrogens is 290 g/mol. The number of rotatable bonds is 1. The summed E-state index contributed by atoms with van der Waals surface area (Å²) in [6, 6.07) is 25.8. The fraction of sp³-hybridized carbons (Fsp3) is 0.174. The van der Waals surface area contributed by atoms with E-state index in [-0.39, 0.29) is 5.41 Å². The molecule has 0 amide bonds. The highest BCUT2D eigenvalue weighted by molar-refractivity contribution is 5.96. The van der Waals surface area contributed by atoms with Gasteiger partial charge in [-0.3, -0.25) is 0 Å². The van der Waals surface area contributed by atoms with Crippen molar-refractivity contribution in [1.29, 1.82) is 0 Å². The second kappa shape index (κ2) is 5.45. The third kappa shape index (κ3) is 2.56. The lowest BCUT2D eigenvalue weighted by Crippen LogP contribution is -2.10. The van der Waals surface area contributed by atoms with E-state index in [4.69, 9.17) is 4.98 Å². The Morgan fingerprint density at radius 2 is 1.50 bits per heavy atom. The molecule has 0 aliphatic carbocycles. The van der Waals surface area contributed by atoms with Crippen LogP contribution in [0.15, 0.2) is 72.8 Å². The molecule has 0 saturated carbocycles. The molecule has 0 N–H and O–H groups in total. The van der Waals surface area contributed by atoms with Gasteiger partial charge in [0.05, 0.1) is 11.2 Å². The van der Waals surface area contributed by atoms with Gasteiger partial charge in [0.25, 0.3) is 0 Å². The molecule has 0 aliphatic rings. The van der Waals surface area contributed by atoms with Crippen molar-refractivity contribution in [2.45, 2.75) is 26.2 Å². The van der Waals surface area contributed by atoms with Crippen molar-refractivity contribution in [3.8, 4) is 11.3 Å². The molecule has 0 saturated heterocycles. The monoisotopic (exact) mass is 311 g/mol. The van der Waals surface area contributed by atoms with Crippen molar-refractivity contribution in [3.05, 3.63) is 78.4 Å². The zero-order valence-electron chi connectivity index (χ0n) is 14.4. The van der Waals surface area contributed by atoms with Crippen LogP contribution >= 0.6 is 0 Å². The molecule has 1 heteroatoms. The minimum Gasteiger partial charge on any atom is -0.248 e. The van der Waals surface area contributed by atoms with Crippen molar-refractivity contribution in [2.24, 2.45) is 0 Å². The minimum absolute atomic E-state index is 0.155. The molecule has 1 nitrogen and oxygen atoms in total. The van der Waals surface area contributed by atoms with Crippen molar-refractivity contribution >= 4 is 21.7 Å². The Morgan fingerprint density at radius 1 is 0.708 bits per heavy atom. The molecule has 1 heterocycles. The fourth-order valence-corrected chi connectivity index (χ4v) is 3.19. The predicted molar refractivity (Wildman–Crippen MR) is 103 cm³/mol. The molecule has 24 heavy (non-hydrogen) atoms. The van der Waals surface area contributed by atoms with Crippen molar-refractivity contribution in [2.75, 3.05) is 0 Å². The van der Waals surface area contributed by atoms with Crippen molar-refractivity contribution < 1.29 is 0 Å². The van der Waals surface area contributed by atoms with Gasteiger partial charge in [0.15, 0.2) is 0 Å². The SMILES string of the molecule is CC(C)(C)c1ccc2nc(-c3cccc4ccccc34)ccc2c1. The summed E-state index contributed by atoms with van der Waals surface area (Å²) in [7, 11) is 0. The van der Waals surface area contributed by atoms with E-state index in [2.05, 4.69) is 93.6 Å². The maximum atomic E-state index is 4.92. The van der Waals surface area contributed by atoms with Crippen LogP contribution in [0.1, 0.15) is 26.3 Å². The van der Waals surface area contributed by atoms with Crippen molar-refractivity contribution in [3.63, 3.8) is 0 Å².